The predicted octanol–water partition coefficient (Wildman–Crippen LogP) is 3.05. The Balaban J connectivity index is 2.00. The molecule has 1 heterocycles. The van der Waals surface area contributed by atoms with Gasteiger partial charge in [0.05, 0.1) is 6.10 Å². The van der Waals surface area contributed by atoms with Crippen molar-refractivity contribution >= 4 is 0 Å². The van der Waals surface area contributed by atoms with Gasteiger partial charge in [0.15, 0.2) is 0 Å². The van der Waals surface area contributed by atoms with Crippen LogP contribution in [0.5, 0.6) is 0 Å². The summed E-state index contributed by atoms with van der Waals surface area (Å²) >= 11 is 0. The Morgan fingerprint density at radius 1 is 1.12 bits per heavy atom. The second-order valence-corrected chi connectivity index (χ2v) is 6.44. The van der Waals surface area contributed by atoms with Crippen LogP contribution in [0.1, 0.15) is 59.3 Å². The van der Waals surface area contributed by atoms with Crippen LogP contribution in [-0.4, -0.2) is 35.7 Å². The number of hydrogen-bond donors (Lipinski definition) is 1. The molecule has 0 spiro atoms. The molecule has 0 amide bonds. The number of hydrogen-bond acceptors (Lipinski definition) is 2. The third-order valence-corrected chi connectivity index (χ3v) is 3.44. The Morgan fingerprint density at radius 2 is 1.75 bits per heavy atom. The van der Waals surface area contributed by atoms with E-state index in [1.54, 1.807) is 0 Å². The van der Waals surface area contributed by atoms with E-state index in [4.69, 9.17) is 0 Å². The van der Waals surface area contributed by atoms with Crippen molar-refractivity contribution in [3.63, 3.8) is 0 Å². The minimum atomic E-state index is -0.0806. The van der Waals surface area contributed by atoms with E-state index in [0.29, 0.717) is 5.41 Å². The van der Waals surface area contributed by atoms with Gasteiger partial charge < -0.3 is 10.0 Å². The number of aliphatic hydroxyl groups excluding tert-OH is 1. The first-order chi connectivity index (χ1) is 7.47. The first-order valence-electron chi connectivity index (χ1n) is 6.88. The minimum absolute atomic E-state index is 0.0806. The number of rotatable bonds is 6. The van der Waals surface area contributed by atoms with Crippen LogP contribution >= 0.6 is 0 Å². The van der Waals surface area contributed by atoms with E-state index in [1.165, 1.54) is 32.4 Å². The van der Waals surface area contributed by atoms with E-state index in [-0.39, 0.29) is 6.10 Å². The zero-order chi connectivity index (χ0) is 12.0. The maximum Gasteiger partial charge on any atom is 0.0552 e. The quantitative estimate of drug-likeness (QED) is 0.754. The van der Waals surface area contributed by atoms with Crippen LogP contribution in [0.4, 0.5) is 0 Å². The van der Waals surface area contributed by atoms with Crippen molar-refractivity contribution < 1.29 is 5.11 Å². The maximum atomic E-state index is 9.88. The van der Waals surface area contributed by atoms with E-state index in [1.807, 2.05) is 0 Å². The second-order valence-electron chi connectivity index (χ2n) is 6.44. The van der Waals surface area contributed by atoms with Gasteiger partial charge in [0.2, 0.25) is 0 Å². The second kappa shape index (κ2) is 6.61. The Morgan fingerprint density at radius 3 is 2.31 bits per heavy atom. The summed E-state index contributed by atoms with van der Waals surface area (Å²) in [5.74, 6) is 0. The zero-order valence-corrected chi connectivity index (χ0v) is 11.3. The van der Waals surface area contributed by atoms with Crippen molar-refractivity contribution in [1.82, 2.24) is 4.90 Å². The molecule has 2 nitrogen and oxygen atoms in total. The largest absolute Gasteiger partial charge is 0.393 e. The summed E-state index contributed by atoms with van der Waals surface area (Å²) in [6, 6.07) is 0. The van der Waals surface area contributed by atoms with Gasteiger partial charge >= 0.3 is 0 Å². The number of nitrogens with zero attached hydrogens (tertiary/aromatic N) is 1. The molecule has 0 aromatic carbocycles. The monoisotopic (exact) mass is 227 g/mol. The number of aliphatic hydroxyl groups is 1. The zero-order valence-electron chi connectivity index (χ0n) is 11.3. The van der Waals surface area contributed by atoms with Crippen LogP contribution in [0.2, 0.25) is 0 Å². The molecule has 1 atom stereocenters. The highest BCUT2D eigenvalue weighted by atomic mass is 16.3. The molecular formula is C14H29NO. The minimum Gasteiger partial charge on any atom is -0.393 e. The summed E-state index contributed by atoms with van der Waals surface area (Å²) in [7, 11) is 0. The Bertz CT molecular complexity index is 180. The molecule has 0 saturated carbocycles. The molecule has 1 N–H and O–H groups in total. The molecule has 1 aliphatic rings. The van der Waals surface area contributed by atoms with Gasteiger partial charge in [0.1, 0.15) is 0 Å². The van der Waals surface area contributed by atoms with E-state index in [2.05, 4.69) is 25.7 Å². The van der Waals surface area contributed by atoms with E-state index >= 15 is 0 Å². The van der Waals surface area contributed by atoms with Crippen LogP contribution in [0.15, 0.2) is 0 Å². The van der Waals surface area contributed by atoms with Gasteiger partial charge in [-0.05, 0) is 50.6 Å². The van der Waals surface area contributed by atoms with Crippen molar-refractivity contribution in [2.24, 2.45) is 5.41 Å². The molecule has 16 heavy (non-hydrogen) atoms. The molecule has 1 rings (SSSR count). The topological polar surface area (TPSA) is 23.5 Å². The average Bonchev–Trinajstić information content (AvgIpc) is 2.65. The third-order valence-electron chi connectivity index (χ3n) is 3.44. The average molecular weight is 227 g/mol. The first-order valence-corrected chi connectivity index (χ1v) is 6.88. The Kier molecular flexibility index (Phi) is 5.77. The van der Waals surface area contributed by atoms with E-state index < -0.39 is 0 Å². The van der Waals surface area contributed by atoms with Crippen LogP contribution in [-0.2, 0) is 0 Å². The lowest BCUT2D eigenvalue weighted by molar-refractivity contribution is 0.131. The van der Waals surface area contributed by atoms with Gasteiger partial charge in [0.25, 0.3) is 0 Å². The van der Waals surface area contributed by atoms with Gasteiger partial charge in [-0.25, -0.2) is 0 Å². The summed E-state index contributed by atoms with van der Waals surface area (Å²) in [5, 5.41) is 9.88. The summed E-state index contributed by atoms with van der Waals surface area (Å²) in [5.41, 5.74) is 0.411. The fraction of sp³-hybridized carbons (Fsp3) is 1.00. The molecule has 0 aliphatic carbocycles. The SMILES string of the molecule is CC(C)(C)CCC[C@H](O)CCN1CCCC1. The van der Waals surface area contributed by atoms with Gasteiger partial charge in [-0.1, -0.05) is 27.2 Å². The van der Waals surface area contributed by atoms with E-state index in [0.717, 1.165) is 25.8 Å². The molecule has 0 bridgehead atoms. The van der Waals surface area contributed by atoms with Crippen molar-refractivity contribution in [2.45, 2.75) is 65.4 Å². The predicted molar refractivity (Wildman–Crippen MR) is 69.6 cm³/mol. The van der Waals surface area contributed by atoms with Gasteiger partial charge in [-0.2, -0.15) is 0 Å². The molecule has 0 radical (unpaired) electrons. The fourth-order valence-electron chi connectivity index (χ4n) is 2.35. The van der Waals surface area contributed by atoms with Gasteiger partial charge in [0, 0.05) is 6.54 Å². The highest BCUT2D eigenvalue weighted by Crippen LogP contribution is 2.22. The molecule has 1 saturated heterocycles. The van der Waals surface area contributed by atoms with Gasteiger partial charge in [-0.15, -0.1) is 0 Å². The van der Waals surface area contributed by atoms with Crippen LogP contribution < -0.4 is 0 Å². The van der Waals surface area contributed by atoms with E-state index in [9.17, 15) is 5.11 Å². The van der Waals surface area contributed by atoms with Crippen LogP contribution in [0.25, 0.3) is 0 Å². The lowest BCUT2D eigenvalue weighted by Crippen LogP contribution is -2.24. The lowest BCUT2D eigenvalue weighted by Gasteiger charge is -2.20. The highest BCUT2D eigenvalue weighted by molar-refractivity contribution is 4.69. The fourth-order valence-corrected chi connectivity index (χ4v) is 2.35. The molecule has 1 aliphatic heterocycles. The molecule has 0 aromatic rings. The lowest BCUT2D eigenvalue weighted by atomic mass is 9.89. The molecule has 0 unspecified atom stereocenters. The first kappa shape index (κ1) is 14.0. The summed E-state index contributed by atoms with van der Waals surface area (Å²) in [6.07, 6.45) is 6.93. The Labute approximate surface area is 101 Å². The molecule has 0 aromatic heterocycles. The molecule has 1 fully saturated rings. The Hall–Kier alpha value is -0.0800. The summed E-state index contributed by atoms with van der Waals surface area (Å²) < 4.78 is 0. The smallest absolute Gasteiger partial charge is 0.0552 e. The standard InChI is InChI=1S/C14H29NO/c1-14(2,3)9-6-7-13(16)8-12-15-10-4-5-11-15/h13,16H,4-12H2,1-3H3/t13-/m0/s1. The normalized spacial score (nSPS) is 20.2. The molecular weight excluding hydrogens is 198 g/mol. The van der Waals surface area contributed by atoms with Crippen LogP contribution in [0.3, 0.4) is 0 Å². The van der Waals surface area contributed by atoms with Crippen molar-refractivity contribution in [2.75, 3.05) is 19.6 Å². The third kappa shape index (κ3) is 6.49. The summed E-state index contributed by atoms with van der Waals surface area (Å²) in [6.45, 7) is 10.4. The molecule has 2 heteroatoms. The summed E-state index contributed by atoms with van der Waals surface area (Å²) in [4.78, 5) is 2.48. The maximum absolute atomic E-state index is 9.88. The highest BCUT2D eigenvalue weighted by Gasteiger charge is 2.14. The van der Waals surface area contributed by atoms with Crippen molar-refractivity contribution in [1.29, 1.82) is 0 Å². The number of likely N-dealkylation sites (tertiary alicyclic amines) is 1. The van der Waals surface area contributed by atoms with Crippen molar-refractivity contribution in [3.8, 4) is 0 Å². The van der Waals surface area contributed by atoms with Gasteiger partial charge in [-0.3, -0.25) is 0 Å². The van der Waals surface area contributed by atoms with Crippen molar-refractivity contribution in [3.05, 3.63) is 0 Å². The van der Waals surface area contributed by atoms with Crippen LogP contribution in [0, 0.1) is 5.41 Å². The molecule has 96 valence electrons.